The number of hydrogen-bond donors (Lipinski definition) is 1. The van der Waals surface area contributed by atoms with Crippen molar-refractivity contribution in [1.82, 2.24) is 0 Å². The lowest BCUT2D eigenvalue weighted by Gasteiger charge is -2.08. The number of rotatable bonds is 6. The summed E-state index contributed by atoms with van der Waals surface area (Å²) in [6.07, 6.45) is 0. The third-order valence-corrected chi connectivity index (χ3v) is 3.27. The van der Waals surface area contributed by atoms with Gasteiger partial charge in [-0.05, 0) is 24.6 Å². The highest BCUT2D eigenvalue weighted by Gasteiger charge is 2.12. The Morgan fingerprint density at radius 1 is 1.00 bits per heavy atom. The van der Waals surface area contributed by atoms with E-state index in [9.17, 15) is 25.0 Å². The Kier molecular flexibility index (Phi) is 4.65. The number of nitro groups is 2. The van der Waals surface area contributed by atoms with Crippen LogP contribution in [-0.2, 0) is 0 Å². The number of anilines is 1. The van der Waals surface area contributed by atoms with Crippen LogP contribution in [0, 0.1) is 27.2 Å². The van der Waals surface area contributed by atoms with Crippen LogP contribution in [0.5, 0.6) is 0 Å². The Morgan fingerprint density at radius 2 is 1.57 bits per heavy atom. The van der Waals surface area contributed by atoms with Crippen LogP contribution in [-0.4, -0.2) is 22.2 Å². The van der Waals surface area contributed by atoms with Crippen molar-refractivity contribution in [2.75, 3.05) is 11.9 Å². The van der Waals surface area contributed by atoms with Crippen molar-refractivity contribution in [3.63, 3.8) is 0 Å². The third kappa shape index (κ3) is 3.88. The molecule has 8 nitrogen and oxygen atoms in total. The Hall–Kier alpha value is -3.29. The largest absolute Gasteiger partial charge is 0.377 e. The number of hydrogen-bond acceptors (Lipinski definition) is 6. The fourth-order valence-electron chi connectivity index (χ4n) is 1.96. The fourth-order valence-corrected chi connectivity index (χ4v) is 1.96. The SMILES string of the molecule is Cc1ccc([N+](=O)[O-])cc1NCC(=O)c1ccc([N+](=O)[O-])cc1. The minimum atomic E-state index is -0.543. The molecule has 0 heterocycles. The van der Waals surface area contributed by atoms with Crippen molar-refractivity contribution in [3.8, 4) is 0 Å². The van der Waals surface area contributed by atoms with Gasteiger partial charge in [-0.1, -0.05) is 6.07 Å². The molecule has 0 unspecified atom stereocenters. The monoisotopic (exact) mass is 315 g/mol. The maximum Gasteiger partial charge on any atom is 0.271 e. The molecule has 0 aliphatic heterocycles. The van der Waals surface area contributed by atoms with Gasteiger partial charge in [0.1, 0.15) is 0 Å². The van der Waals surface area contributed by atoms with Crippen LogP contribution in [0.25, 0.3) is 0 Å². The highest BCUT2D eigenvalue weighted by molar-refractivity contribution is 5.99. The average Bonchev–Trinajstić information content (AvgIpc) is 2.53. The lowest BCUT2D eigenvalue weighted by Crippen LogP contribution is -2.14. The Balaban J connectivity index is 2.08. The summed E-state index contributed by atoms with van der Waals surface area (Å²) in [6, 6.07) is 9.61. The Bertz CT molecular complexity index is 771. The standard InChI is InChI=1S/C15H13N3O5/c1-10-2-5-13(18(22)23)8-14(10)16-9-15(19)11-3-6-12(7-4-11)17(20)21/h2-8,16H,9H2,1H3. The molecule has 1 N–H and O–H groups in total. The van der Waals surface area contributed by atoms with Gasteiger partial charge in [0.15, 0.2) is 5.78 Å². The van der Waals surface area contributed by atoms with Crippen LogP contribution >= 0.6 is 0 Å². The van der Waals surface area contributed by atoms with Gasteiger partial charge in [0, 0.05) is 35.5 Å². The quantitative estimate of drug-likeness (QED) is 0.497. The lowest BCUT2D eigenvalue weighted by atomic mass is 10.1. The molecular weight excluding hydrogens is 302 g/mol. The summed E-state index contributed by atoms with van der Waals surface area (Å²) in [4.78, 5) is 32.3. The van der Waals surface area contributed by atoms with Gasteiger partial charge in [-0.3, -0.25) is 25.0 Å². The van der Waals surface area contributed by atoms with E-state index in [-0.39, 0.29) is 23.7 Å². The second kappa shape index (κ2) is 6.65. The number of carbonyl (C=O) groups excluding carboxylic acids is 1. The summed E-state index contributed by atoms with van der Waals surface area (Å²) in [5.74, 6) is -0.272. The molecule has 0 aliphatic carbocycles. The molecule has 0 aliphatic rings. The van der Waals surface area contributed by atoms with Crippen molar-refractivity contribution >= 4 is 22.8 Å². The van der Waals surface area contributed by atoms with Gasteiger partial charge in [-0.25, -0.2) is 0 Å². The molecule has 0 saturated carbocycles. The number of Topliss-reactive ketones (excluding diaryl/α,β-unsaturated/α-hetero) is 1. The number of nitrogens with zero attached hydrogens (tertiary/aromatic N) is 2. The van der Waals surface area contributed by atoms with Crippen molar-refractivity contribution in [1.29, 1.82) is 0 Å². The van der Waals surface area contributed by atoms with Crippen LogP contribution in [0.4, 0.5) is 17.1 Å². The predicted octanol–water partition coefficient (Wildman–Crippen LogP) is 3.11. The first-order valence-corrected chi connectivity index (χ1v) is 6.65. The van der Waals surface area contributed by atoms with E-state index in [4.69, 9.17) is 0 Å². The summed E-state index contributed by atoms with van der Waals surface area (Å²) < 4.78 is 0. The maximum absolute atomic E-state index is 12.1. The van der Waals surface area contributed by atoms with Crippen molar-refractivity contribution in [2.45, 2.75) is 6.92 Å². The van der Waals surface area contributed by atoms with Gasteiger partial charge in [0.25, 0.3) is 11.4 Å². The zero-order chi connectivity index (χ0) is 17.0. The Morgan fingerprint density at radius 3 is 2.13 bits per heavy atom. The van der Waals surface area contributed by atoms with Crippen LogP contribution < -0.4 is 5.32 Å². The van der Waals surface area contributed by atoms with Gasteiger partial charge in [-0.15, -0.1) is 0 Å². The highest BCUT2D eigenvalue weighted by Crippen LogP contribution is 2.22. The number of ketones is 1. The number of nitrogens with one attached hydrogen (secondary N) is 1. The van der Waals surface area contributed by atoms with Crippen molar-refractivity contribution in [2.24, 2.45) is 0 Å². The minimum absolute atomic E-state index is 0.0686. The van der Waals surface area contributed by atoms with E-state index >= 15 is 0 Å². The van der Waals surface area contributed by atoms with Crippen molar-refractivity contribution < 1.29 is 14.6 Å². The van der Waals surface area contributed by atoms with Crippen LogP contribution in [0.2, 0.25) is 0 Å². The molecule has 118 valence electrons. The molecule has 0 radical (unpaired) electrons. The lowest BCUT2D eigenvalue weighted by molar-refractivity contribution is -0.385. The first-order valence-electron chi connectivity index (χ1n) is 6.65. The molecule has 0 saturated heterocycles. The minimum Gasteiger partial charge on any atom is -0.377 e. The fraction of sp³-hybridized carbons (Fsp3) is 0.133. The third-order valence-electron chi connectivity index (χ3n) is 3.27. The molecule has 8 heteroatoms. The molecule has 0 fully saturated rings. The zero-order valence-electron chi connectivity index (χ0n) is 12.2. The molecule has 0 bridgehead atoms. The molecular formula is C15H13N3O5. The van der Waals surface area contributed by atoms with Crippen LogP contribution in [0.1, 0.15) is 15.9 Å². The summed E-state index contributed by atoms with van der Waals surface area (Å²) in [7, 11) is 0. The van der Waals surface area contributed by atoms with E-state index in [0.717, 1.165) is 5.56 Å². The van der Waals surface area contributed by atoms with Gasteiger partial charge in [-0.2, -0.15) is 0 Å². The van der Waals surface area contributed by atoms with Gasteiger partial charge in [0.2, 0.25) is 0 Å². The van der Waals surface area contributed by atoms with E-state index in [1.165, 1.54) is 36.4 Å². The van der Waals surface area contributed by atoms with E-state index in [1.807, 2.05) is 0 Å². The maximum atomic E-state index is 12.1. The van der Waals surface area contributed by atoms with Crippen molar-refractivity contribution in [3.05, 3.63) is 73.8 Å². The number of non-ortho nitro benzene ring substituents is 2. The first-order chi connectivity index (χ1) is 10.9. The van der Waals surface area contributed by atoms with Crippen LogP contribution in [0.15, 0.2) is 42.5 Å². The average molecular weight is 315 g/mol. The second-order valence-corrected chi connectivity index (χ2v) is 4.84. The van der Waals surface area contributed by atoms with Gasteiger partial charge < -0.3 is 5.32 Å². The summed E-state index contributed by atoms with van der Waals surface area (Å²) in [6.45, 7) is 1.70. The van der Waals surface area contributed by atoms with E-state index in [0.29, 0.717) is 11.3 Å². The molecule has 23 heavy (non-hydrogen) atoms. The summed E-state index contributed by atoms with van der Waals surface area (Å²) in [5.41, 5.74) is 1.43. The van der Waals surface area contributed by atoms with E-state index in [2.05, 4.69) is 5.32 Å². The molecule has 0 amide bonds. The molecule has 0 aromatic heterocycles. The number of nitro benzene ring substituents is 2. The van der Waals surface area contributed by atoms with E-state index in [1.54, 1.807) is 13.0 Å². The number of benzene rings is 2. The van der Waals surface area contributed by atoms with Crippen LogP contribution in [0.3, 0.4) is 0 Å². The second-order valence-electron chi connectivity index (χ2n) is 4.84. The van der Waals surface area contributed by atoms with E-state index < -0.39 is 9.85 Å². The molecule has 2 aromatic rings. The Labute approximate surface area is 131 Å². The van der Waals surface area contributed by atoms with Gasteiger partial charge >= 0.3 is 0 Å². The topological polar surface area (TPSA) is 115 Å². The number of carbonyl (C=O) groups is 1. The van der Waals surface area contributed by atoms with Gasteiger partial charge in [0.05, 0.1) is 16.4 Å². The highest BCUT2D eigenvalue weighted by atomic mass is 16.6. The molecule has 2 rings (SSSR count). The summed E-state index contributed by atoms with van der Waals surface area (Å²) in [5, 5.41) is 24.2. The zero-order valence-corrected chi connectivity index (χ0v) is 12.2. The molecule has 0 atom stereocenters. The molecule has 0 spiro atoms. The summed E-state index contributed by atoms with van der Waals surface area (Å²) >= 11 is 0. The smallest absolute Gasteiger partial charge is 0.271 e. The number of aryl methyl sites for hydroxylation is 1. The first kappa shape index (κ1) is 16.1. The normalized spacial score (nSPS) is 10.1. The predicted molar refractivity (Wildman–Crippen MR) is 83.8 cm³/mol. The molecule has 2 aromatic carbocycles.